The molecule has 0 aliphatic heterocycles. The summed E-state index contributed by atoms with van der Waals surface area (Å²) in [6, 6.07) is 3.29. The van der Waals surface area contributed by atoms with Crippen LogP contribution in [0.3, 0.4) is 0 Å². The second-order valence-corrected chi connectivity index (χ2v) is 6.73. The van der Waals surface area contributed by atoms with Crippen LogP contribution in [0.1, 0.15) is 28.8 Å². The molecule has 0 amide bonds. The van der Waals surface area contributed by atoms with Gasteiger partial charge in [0.05, 0.1) is 23.3 Å². The summed E-state index contributed by atoms with van der Waals surface area (Å²) in [5.41, 5.74) is 0.302. The molecular weight excluding hydrogens is 335 g/mol. The number of aliphatic carboxylic acids is 1. The van der Waals surface area contributed by atoms with E-state index in [1.54, 1.807) is 12.1 Å². The van der Waals surface area contributed by atoms with Crippen LogP contribution in [0.4, 0.5) is 4.39 Å². The zero-order valence-corrected chi connectivity index (χ0v) is 14.1. The number of Topliss-reactive ketones (excluding diaryl/α,β-unsaturated/α-hetero) is 1. The highest BCUT2D eigenvalue weighted by atomic mass is 32.1. The SMILES string of the molecule is COc1cc2sc(C(=O)C[C@@H](C)C(=O)O)cc2c2c(F)c(C)oc12. The summed E-state index contributed by atoms with van der Waals surface area (Å²) in [6.07, 6.45) is -0.102. The van der Waals surface area contributed by atoms with Crippen LogP contribution in [-0.4, -0.2) is 24.0 Å². The summed E-state index contributed by atoms with van der Waals surface area (Å²) in [5.74, 6) is -2.02. The Morgan fingerprint density at radius 1 is 1.42 bits per heavy atom. The maximum absolute atomic E-state index is 14.4. The van der Waals surface area contributed by atoms with Crippen LogP contribution in [0, 0.1) is 18.7 Å². The number of aryl methyl sites for hydroxylation is 1. The first kappa shape index (κ1) is 16.4. The lowest BCUT2D eigenvalue weighted by Gasteiger charge is -2.02. The third-order valence-electron chi connectivity index (χ3n) is 3.93. The van der Waals surface area contributed by atoms with Crippen molar-refractivity contribution >= 4 is 44.1 Å². The van der Waals surface area contributed by atoms with Crippen molar-refractivity contribution in [1.29, 1.82) is 0 Å². The number of carboxylic acids is 1. The molecule has 1 N–H and O–H groups in total. The minimum atomic E-state index is -1.02. The first-order chi connectivity index (χ1) is 11.3. The number of hydrogen-bond donors (Lipinski definition) is 1. The van der Waals surface area contributed by atoms with Crippen molar-refractivity contribution in [2.75, 3.05) is 7.11 Å². The van der Waals surface area contributed by atoms with Gasteiger partial charge in [-0.2, -0.15) is 0 Å². The molecule has 0 spiro atoms. The van der Waals surface area contributed by atoms with Crippen LogP contribution in [0.25, 0.3) is 21.1 Å². The molecule has 0 aliphatic carbocycles. The zero-order valence-electron chi connectivity index (χ0n) is 13.3. The molecule has 0 aliphatic rings. The molecule has 0 fully saturated rings. The lowest BCUT2D eigenvalue weighted by atomic mass is 10.0. The predicted octanol–water partition coefficient (Wildman–Crippen LogP) is 4.40. The highest BCUT2D eigenvalue weighted by molar-refractivity contribution is 7.21. The number of methoxy groups -OCH3 is 1. The van der Waals surface area contributed by atoms with Crippen molar-refractivity contribution in [3.63, 3.8) is 0 Å². The van der Waals surface area contributed by atoms with E-state index in [0.717, 1.165) is 0 Å². The molecule has 5 nitrogen and oxygen atoms in total. The third kappa shape index (κ3) is 2.54. The van der Waals surface area contributed by atoms with Crippen LogP contribution in [-0.2, 0) is 4.79 Å². The molecule has 24 heavy (non-hydrogen) atoms. The number of carbonyl (C=O) groups is 2. The summed E-state index contributed by atoms with van der Waals surface area (Å²) < 4.78 is 25.8. The summed E-state index contributed by atoms with van der Waals surface area (Å²) >= 11 is 1.19. The van der Waals surface area contributed by atoms with Crippen LogP contribution in [0.2, 0.25) is 0 Å². The highest BCUT2D eigenvalue weighted by Crippen LogP contribution is 2.41. The molecule has 1 aromatic carbocycles. The molecule has 7 heteroatoms. The van der Waals surface area contributed by atoms with Crippen LogP contribution in [0.5, 0.6) is 5.75 Å². The van der Waals surface area contributed by atoms with Gasteiger partial charge in [-0.15, -0.1) is 11.3 Å². The Kier molecular flexibility index (Phi) is 4.04. The van der Waals surface area contributed by atoms with Gasteiger partial charge in [0, 0.05) is 22.6 Å². The van der Waals surface area contributed by atoms with Crippen LogP contribution in [0.15, 0.2) is 16.5 Å². The fourth-order valence-corrected chi connectivity index (χ4v) is 3.63. The molecule has 3 rings (SSSR count). The monoisotopic (exact) mass is 350 g/mol. The van der Waals surface area contributed by atoms with E-state index in [2.05, 4.69) is 0 Å². The Morgan fingerprint density at radius 2 is 2.12 bits per heavy atom. The Bertz CT molecular complexity index is 969. The average molecular weight is 350 g/mol. The maximum Gasteiger partial charge on any atom is 0.306 e. The van der Waals surface area contributed by atoms with E-state index in [-0.39, 0.29) is 23.4 Å². The smallest absolute Gasteiger partial charge is 0.306 e. The topological polar surface area (TPSA) is 76.7 Å². The van der Waals surface area contributed by atoms with Crippen LogP contribution >= 0.6 is 11.3 Å². The summed E-state index contributed by atoms with van der Waals surface area (Å²) in [7, 11) is 1.46. The second kappa shape index (κ2) is 5.90. The van der Waals surface area contributed by atoms with Gasteiger partial charge in [-0.3, -0.25) is 9.59 Å². The van der Waals surface area contributed by atoms with Crippen molar-refractivity contribution in [3.8, 4) is 5.75 Å². The number of hydrogen-bond acceptors (Lipinski definition) is 5. The molecule has 2 aromatic heterocycles. The van der Waals surface area contributed by atoms with Crippen molar-refractivity contribution in [2.45, 2.75) is 20.3 Å². The van der Waals surface area contributed by atoms with Crippen molar-refractivity contribution in [2.24, 2.45) is 5.92 Å². The Labute approximate surface area is 140 Å². The van der Waals surface area contributed by atoms with E-state index in [1.807, 2.05) is 0 Å². The van der Waals surface area contributed by atoms with E-state index >= 15 is 0 Å². The normalized spacial score (nSPS) is 12.7. The van der Waals surface area contributed by atoms with Gasteiger partial charge in [0.15, 0.2) is 22.9 Å². The minimum Gasteiger partial charge on any atom is -0.493 e. The lowest BCUT2D eigenvalue weighted by molar-refractivity contribution is -0.141. The van der Waals surface area contributed by atoms with Crippen molar-refractivity contribution in [1.82, 2.24) is 0 Å². The molecule has 0 saturated carbocycles. The molecular formula is C17H15FO5S. The molecule has 2 heterocycles. The highest BCUT2D eigenvalue weighted by Gasteiger charge is 2.23. The summed E-state index contributed by atoms with van der Waals surface area (Å²) in [6.45, 7) is 3.00. The van der Waals surface area contributed by atoms with Gasteiger partial charge in [-0.1, -0.05) is 6.92 Å². The molecule has 0 unspecified atom stereocenters. The standard InChI is InChI=1S/C17H15FO5S/c1-7(17(20)21)4-10(19)13-5-9-12(24-13)6-11(22-3)16-14(9)15(18)8(2)23-16/h5-7H,4H2,1-3H3,(H,20,21)/t7-/m1/s1. The Hall–Kier alpha value is -2.41. The average Bonchev–Trinajstić information content (AvgIpc) is 3.08. The zero-order chi connectivity index (χ0) is 17.6. The van der Waals surface area contributed by atoms with Gasteiger partial charge < -0.3 is 14.3 Å². The number of benzene rings is 1. The van der Waals surface area contributed by atoms with Gasteiger partial charge in [0.25, 0.3) is 0 Å². The number of halogens is 1. The molecule has 126 valence electrons. The number of ether oxygens (including phenoxy) is 1. The number of fused-ring (bicyclic) bond motifs is 3. The molecule has 3 aromatic rings. The maximum atomic E-state index is 14.4. The van der Waals surface area contributed by atoms with Gasteiger partial charge in [0.2, 0.25) is 0 Å². The number of ketones is 1. The van der Waals surface area contributed by atoms with E-state index in [0.29, 0.717) is 26.3 Å². The predicted molar refractivity (Wildman–Crippen MR) is 88.6 cm³/mol. The lowest BCUT2D eigenvalue weighted by Crippen LogP contribution is -2.13. The van der Waals surface area contributed by atoms with Gasteiger partial charge in [-0.05, 0) is 13.0 Å². The Balaban J connectivity index is 2.16. The number of carbonyl (C=O) groups excluding carboxylic acids is 1. The summed E-state index contributed by atoms with van der Waals surface area (Å²) in [5, 5.41) is 9.79. The Morgan fingerprint density at radius 3 is 2.75 bits per heavy atom. The second-order valence-electron chi connectivity index (χ2n) is 5.64. The molecule has 1 atom stereocenters. The fourth-order valence-electron chi connectivity index (χ4n) is 2.59. The van der Waals surface area contributed by atoms with Gasteiger partial charge >= 0.3 is 5.97 Å². The van der Waals surface area contributed by atoms with E-state index in [1.165, 1.54) is 32.3 Å². The number of thiophene rings is 1. The largest absolute Gasteiger partial charge is 0.493 e. The van der Waals surface area contributed by atoms with Crippen molar-refractivity contribution in [3.05, 3.63) is 28.6 Å². The van der Waals surface area contributed by atoms with Gasteiger partial charge in [0.1, 0.15) is 5.76 Å². The molecule has 0 saturated heterocycles. The summed E-state index contributed by atoms with van der Waals surface area (Å²) in [4.78, 5) is 23.6. The first-order valence-electron chi connectivity index (χ1n) is 7.28. The number of furan rings is 1. The molecule has 0 radical (unpaired) electrons. The third-order valence-corrected chi connectivity index (χ3v) is 5.06. The fraction of sp³-hybridized carbons (Fsp3) is 0.294. The van der Waals surface area contributed by atoms with Crippen LogP contribution < -0.4 is 4.74 Å². The molecule has 0 bridgehead atoms. The number of rotatable bonds is 5. The van der Waals surface area contributed by atoms with E-state index in [9.17, 15) is 14.0 Å². The first-order valence-corrected chi connectivity index (χ1v) is 8.10. The van der Waals surface area contributed by atoms with E-state index < -0.39 is 17.7 Å². The quantitative estimate of drug-likeness (QED) is 0.690. The van der Waals surface area contributed by atoms with E-state index in [4.69, 9.17) is 14.3 Å². The minimum absolute atomic E-state index is 0.102. The van der Waals surface area contributed by atoms with Gasteiger partial charge in [-0.25, -0.2) is 4.39 Å². The number of carboxylic acid groups (broad SMARTS) is 1. The van der Waals surface area contributed by atoms with Crippen molar-refractivity contribution < 1.29 is 28.2 Å².